The molecule has 3 saturated carbocycles. The number of fused-ring (bicyclic) bond motifs is 5. The zero-order valence-corrected chi connectivity index (χ0v) is 17.5. The lowest BCUT2D eigenvalue weighted by Crippen LogP contribution is -2.68. The maximum absolute atomic E-state index is 16.9. The molecule has 0 saturated heterocycles. The first-order chi connectivity index (χ1) is 13.5. The van der Waals surface area contributed by atoms with E-state index in [1.807, 2.05) is 13.8 Å². The summed E-state index contributed by atoms with van der Waals surface area (Å²) < 4.78 is 37.5. The molecule has 4 rings (SSSR count). The van der Waals surface area contributed by atoms with E-state index >= 15 is 8.78 Å². The summed E-state index contributed by atoms with van der Waals surface area (Å²) in [4.78, 5) is 24.6. The predicted octanol–water partition coefficient (Wildman–Crippen LogP) is 3.73. The van der Waals surface area contributed by atoms with Gasteiger partial charge >= 0.3 is 5.97 Å². The minimum Gasteiger partial charge on any atom is -0.466 e. The Kier molecular flexibility index (Phi) is 4.62. The molecule has 160 valence electrons. The smallest absolute Gasteiger partial charge is 0.309 e. The topological polar surface area (TPSA) is 63.6 Å². The number of ether oxygens (including phenoxy) is 1. The monoisotopic (exact) mass is 408 g/mol. The fourth-order valence-electron chi connectivity index (χ4n) is 7.31. The number of hydrogen-bond donors (Lipinski definition) is 1. The van der Waals surface area contributed by atoms with E-state index in [0.29, 0.717) is 6.42 Å². The second-order valence-electron chi connectivity index (χ2n) is 9.89. The van der Waals surface area contributed by atoms with Crippen molar-refractivity contribution in [3.05, 3.63) is 23.8 Å². The molecule has 0 spiro atoms. The van der Waals surface area contributed by atoms with Gasteiger partial charge in [0.25, 0.3) is 0 Å². The fourth-order valence-corrected chi connectivity index (χ4v) is 7.31. The highest BCUT2D eigenvalue weighted by atomic mass is 19.1. The summed E-state index contributed by atoms with van der Waals surface area (Å²) in [6.45, 7) is 7.49. The van der Waals surface area contributed by atoms with E-state index < -0.39 is 40.6 Å². The number of esters is 1. The van der Waals surface area contributed by atoms with Crippen LogP contribution < -0.4 is 0 Å². The highest BCUT2D eigenvalue weighted by Crippen LogP contribution is 2.70. The number of aliphatic hydroxyl groups excluding tert-OH is 1. The van der Waals surface area contributed by atoms with Gasteiger partial charge in [0.2, 0.25) is 0 Å². The first-order valence-electron chi connectivity index (χ1n) is 10.6. The normalized spacial score (nSPS) is 51.0. The molecular weight excluding hydrogens is 378 g/mol. The number of alkyl halides is 2. The number of rotatable bonds is 2. The van der Waals surface area contributed by atoms with Gasteiger partial charge in [0.05, 0.1) is 18.6 Å². The minimum atomic E-state index is -2.09. The number of hydrogen-bond acceptors (Lipinski definition) is 4. The molecule has 0 heterocycles. The van der Waals surface area contributed by atoms with E-state index in [0.717, 1.165) is 0 Å². The molecule has 6 unspecified atom stereocenters. The van der Waals surface area contributed by atoms with E-state index in [1.54, 1.807) is 13.8 Å². The molecular formula is C23H30F2O4. The molecule has 4 aliphatic rings. The number of carbonyl (C=O) groups is 2. The average molecular weight is 408 g/mol. The summed E-state index contributed by atoms with van der Waals surface area (Å²) in [6, 6.07) is 0. The predicted molar refractivity (Wildman–Crippen MR) is 103 cm³/mol. The summed E-state index contributed by atoms with van der Waals surface area (Å²) in [5, 5.41) is 11.2. The van der Waals surface area contributed by atoms with Crippen LogP contribution in [-0.4, -0.2) is 41.4 Å². The lowest BCUT2D eigenvalue weighted by atomic mass is 9.45. The molecule has 4 aliphatic carbocycles. The van der Waals surface area contributed by atoms with Crippen molar-refractivity contribution in [3.8, 4) is 0 Å². The zero-order chi connectivity index (χ0) is 21.4. The highest BCUT2D eigenvalue weighted by molar-refractivity contribution is 6.01. The Morgan fingerprint density at radius 1 is 1.31 bits per heavy atom. The molecule has 0 radical (unpaired) electrons. The van der Waals surface area contributed by atoms with Crippen molar-refractivity contribution < 1.29 is 28.2 Å². The summed E-state index contributed by atoms with van der Waals surface area (Å²) in [6.07, 6.45) is 1.72. The molecule has 6 heteroatoms. The molecule has 0 aliphatic heterocycles. The van der Waals surface area contributed by atoms with Crippen LogP contribution in [0.2, 0.25) is 0 Å². The fraction of sp³-hybridized carbons (Fsp3) is 0.739. The first-order valence-corrected chi connectivity index (χ1v) is 10.6. The van der Waals surface area contributed by atoms with Crippen LogP contribution >= 0.6 is 0 Å². The number of ketones is 1. The van der Waals surface area contributed by atoms with Gasteiger partial charge in [-0.3, -0.25) is 9.59 Å². The largest absolute Gasteiger partial charge is 0.466 e. The van der Waals surface area contributed by atoms with Crippen LogP contribution in [0.15, 0.2) is 23.8 Å². The Morgan fingerprint density at radius 3 is 2.66 bits per heavy atom. The number of halogens is 2. The van der Waals surface area contributed by atoms with Gasteiger partial charge in [-0.1, -0.05) is 19.9 Å². The lowest BCUT2D eigenvalue weighted by molar-refractivity contribution is -0.205. The zero-order valence-electron chi connectivity index (χ0n) is 17.5. The molecule has 0 bridgehead atoms. The van der Waals surface area contributed by atoms with Crippen LogP contribution in [0, 0.1) is 34.5 Å². The molecule has 0 aromatic heterocycles. The van der Waals surface area contributed by atoms with Gasteiger partial charge in [-0.05, 0) is 68.1 Å². The molecule has 3 fully saturated rings. The SMILES string of the molecule is CCOC(=O)C1[C@H](C)CC2C3C[C@H](F)C4=CC(=O)C=CC4(C)[C@@]3(F)C(O)CC21C. The highest BCUT2D eigenvalue weighted by Gasteiger charge is 2.73. The van der Waals surface area contributed by atoms with Gasteiger partial charge in [-0.15, -0.1) is 0 Å². The number of allylic oxidation sites excluding steroid dienone is 4. The van der Waals surface area contributed by atoms with Gasteiger partial charge in [0, 0.05) is 11.3 Å². The maximum atomic E-state index is 16.9. The van der Waals surface area contributed by atoms with Gasteiger partial charge < -0.3 is 9.84 Å². The van der Waals surface area contributed by atoms with Crippen LogP contribution in [0.3, 0.4) is 0 Å². The van der Waals surface area contributed by atoms with E-state index in [1.165, 1.54) is 18.2 Å². The van der Waals surface area contributed by atoms with E-state index in [2.05, 4.69) is 0 Å². The standard InChI is InChI=1S/C23H30F2O4/c1-5-29-20(28)19-12(2)8-14-15-10-17(24)16-9-13(26)6-7-22(16,4)23(15,25)18(27)11-21(14,19)3/h6-7,9,12,14-15,17-19,27H,5,8,10-11H2,1-4H3/t12-,14?,15?,17+,18?,19?,21?,22?,23+/m1/s1. The van der Waals surface area contributed by atoms with Crippen molar-refractivity contribution in [2.45, 2.75) is 64.9 Å². The third kappa shape index (κ3) is 2.50. The van der Waals surface area contributed by atoms with Crippen molar-refractivity contribution in [2.24, 2.45) is 34.5 Å². The van der Waals surface area contributed by atoms with Crippen molar-refractivity contribution in [1.29, 1.82) is 0 Å². The van der Waals surface area contributed by atoms with Crippen molar-refractivity contribution in [2.75, 3.05) is 6.61 Å². The maximum Gasteiger partial charge on any atom is 0.309 e. The molecule has 29 heavy (non-hydrogen) atoms. The van der Waals surface area contributed by atoms with E-state index in [9.17, 15) is 14.7 Å². The average Bonchev–Trinajstić information content (AvgIpc) is 2.90. The quantitative estimate of drug-likeness (QED) is 0.707. The molecule has 0 amide bonds. The molecule has 9 atom stereocenters. The van der Waals surface area contributed by atoms with Crippen LogP contribution in [0.5, 0.6) is 0 Å². The minimum absolute atomic E-state index is 0.0371. The van der Waals surface area contributed by atoms with Crippen LogP contribution in [0.1, 0.15) is 47.0 Å². The summed E-state index contributed by atoms with van der Waals surface area (Å²) >= 11 is 0. The third-order valence-electron chi connectivity index (χ3n) is 8.51. The molecule has 0 aromatic rings. The van der Waals surface area contributed by atoms with Gasteiger partial charge in [0.15, 0.2) is 11.5 Å². The molecule has 4 nitrogen and oxygen atoms in total. The Balaban J connectivity index is 1.80. The summed E-state index contributed by atoms with van der Waals surface area (Å²) in [5.74, 6) is -2.14. The van der Waals surface area contributed by atoms with Gasteiger partial charge in [-0.2, -0.15) is 0 Å². The van der Waals surface area contributed by atoms with Crippen molar-refractivity contribution in [1.82, 2.24) is 0 Å². The second-order valence-corrected chi connectivity index (χ2v) is 9.89. The van der Waals surface area contributed by atoms with Gasteiger partial charge in [-0.25, -0.2) is 8.78 Å². The Morgan fingerprint density at radius 2 is 2.00 bits per heavy atom. The van der Waals surface area contributed by atoms with Crippen molar-refractivity contribution in [3.63, 3.8) is 0 Å². The van der Waals surface area contributed by atoms with E-state index in [-0.39, 0.29) is 48.6 Å². The van der Waals surface area contributed by atoms with Gasteiger partial charge in [0.1, 0.15) is 6.17 Å². The summed E-state index contributed by atoms with van der Waals surface area (Å²) in [7, 11) is 0. The van der Waals surface area contributed by atoms with Crippen LogP contribution in [0.4, 0.5) is 8.78 Å². The third-order valence-corrected chi connectivity index (χ3v) is 8.51. The Hall–Kier alpha value is -1.56. The lowest BCUT2D eigenvalue weighted by Gasteiger charge is -2.62. The second kappa shape index (κ2) is 6.47. The van der Waals surface area contributed by atoms with Crippen LogP contribution in [0.25, 0.3) is 0 Å². The Labute approximate surface area is 170 Å². The van der Waals surface area contributed by atoms with Crippen molar-refractivity contribution >= 4 is 11.8 Å². The van der Waals surface area contributed by atoms with E-state index in [4.69, 9.17) is 4.74 Å². The first kappa shape index (κ1) is 20.7. The molecule has 0 aromatic carbocycles. The van der Waals surface area contributed by atoms with Crippen LogP contribution in [-0.2, 0) is 14.3 Å². The number of carbonyl (C=O) groups excluding carboxylic acids is 2. The number of aliphatic hydroxyl groups is 1. The summed E-state index contributed by atoms with van der Waals surface area (Å²) in [5.41, 5.74) is -4.00. The Bertz CT molecular complexity index is 807. The molecule has 1 N–H and O–H groups in total.